The van der Waals surface area contributed by atoms with Gasteiger partial charge in [-0.2, -0.15) is 5.10 Å². The van der Waals surface area contributed by atoms with Crippen LogP contribution in [0.25, 0.3) is 0 Å². The monoisotopic (exact) mass is 266 g/mol. The van der Waals surface area contributed by atoms with Crippen molar-refractivity contribution in [2.75, 3.05) is 19.8 Å². The van der Waals surface area contributed by atoms with Crippen LogP contribution in [-0.4, -0.2) is 46.4 Å². The zero-order valence-corrected chi connectivity index (χ0v) is 12.0. The van der Waals surface area contributed by atoms with Crippen molar-refractivity contribution in [1.82, 2.24) is 14.7 Å². The molecule has 106 valence electrons. The summed E-state index contributed by atoms with van der Waals surface area (Å²) < 4.78 is 7.39. The van der Waals surface area contributed by atoms with Crippen LogP contribution in [0.3, 0.4) is 0 Å². The van der Waals surface area contributed by atoms with Gasteiger partial charge in [0.2, 0.25) is 5.91 Å². The van der Waals surface area contributed by atoms with Crippen LogP contribution >= 0.6 is 0 Å². The highest BCUT2D eigenvalue weighted by Crippen LogP contribution is 2.29. The van der Waals surface area contributed by atoms with Gasteiger partial charge in [-0.1, -0.05) is 0 Å². The molecule has 2 heterocycles. The number of carbonyl (C=O) groups excluding carboxylic acids is 1. The van der Waals surface area contributed by atoms with Crippen molar-refractivity contribution in [2.24, 2.45) is 12.8 Å². The van der Waals surface area contributed by atoms with Crippen LogP contribution in [0.5, 0.6) is 0 Å². The van der Waals surface area contributed by atoms with Gasteiger partial charge in [0.05, 0.1) is 31.0 Å². The molecule has 1 amide bonds. The maximum absolute atomic E-state index is 12.2. The first-order valence-electron chi connectivity index (χ1n) is 6.57. The Morgan fingerprint density at radius 2 is 2.21 bits per heavy atom. The van der Waals surface area contributed by atoms with Crippen LogP contribution in [0.15, 0.2) is 0 Å². The molecule has 6 heteroatoms. The van der Waals surface area contributed by atoms with E-state index in [0.717, 1.165) is 17.0 Å². The molecular weight excluding hydrogens is 244 g/mol. The van der Waals surface area contributed by atoms with Gasteiger partial charge < -0.3 is 15.4 Å². The molecule has 19 heavy (non-hydrogen) atoms. The van der Waals surface area contributed by atoms with Crippen LogP contribution in [0.4, 0.5) is 0 Å². The lowest BCUT2D eigenvalue weighted by Crippen LogP contribution is -2.49. The van der Waals surface area contributed by atoms with Crippen LogP contribution in [0, 0.1) is 13.8 Å². The van der Waals surface area contributed by atoms with Crippen LogP contribution in [-0.2, 0) is 16.6 Å². The number of rotatable bonds is 2. The van der Waals surface area contributed by atoms with Gasteiger partial charge in [-0.05, 0) is 20.8 Å². The largest absolute Gasteiger partial charge is 0.377 e. The normalized spacial score (nSPS) is 21.5. The van der Waals surface area contributed by atoms with Crippen molar-refractivity contribution < 1.29 is 9.53 Å². The fraction of sp³-hybridized carbons (Fsp3) is 0.692. The summed E-state index contributed by atoms with van der Waals surface area (Å²) in [5.74, 6) is -0.0315. The van der Waals surface area contributed by atoms with E-state index < -0.39 is 6.04 Å². The van der Waals surface area contributed by atoms with E-state index in [0.29, 0.717) is 19.8 Å². The molecule has 1 aromatic heterocycles. The molecule has 1 aromatic rings. The maximum atomic E-state index is 12.2. The zero-order chi connectivity index (χ0) is 14.2. The first-order valence-corrected chi connectivity index (χ1v) is 6.57. The Labute approximate surface area is 113 Å². The Balaban J connectivity index is 2.37. The molecule has 6 nitrogen and oxygen atoms in total. The Hall–Kier alpha value is -1.40. The summed E-state index contributed by atoms with van der Waals surface area (Å²) in [5.41, 5.74) is 8.82. The fourth-order valence-corrected chi connectivity index (χ4v) is 2.64. The lowest BCUT2D eigenvalue weighted by Gasteiger charge is -2.37. The standard InChI is InChI=1S/C13H22N4O2/c1-8(14)13(18)17-5-6-19-7-11(17)12-9(2)15-16(4)10(12)3/h8,11H,5-7,14H2,1-4H3/t8-,11?/m1/s1. The summed E-state index contributed by atoms with van der Waals surface area (Å²) in [6.45, 7) is 7.35. The summed E-state index contributed by atoms with van der Waals surface area (Å²) in [4.78, 5) is 14.1. The van der Waals surface area contributed by atoms with Crippen molar-refractivity contribution >= 4 is 5.91 Å². The Morgan fingerprint density at radius 3 is 2.74 bits per heavy atom. The van der Waals surface area contributed by atoms with Gasteiger partial charge in [0.15, 0.2) is 0 Å². The number of amides is 1. The second kappa shape index (κ2) is 5.30. The average molecular weight is 266 g/mol. The molecule has 2 atom stereocenters. The highest BCUT2D eigenvalue weighted by Gasteiger charge is 2.33. The van der Waals surface area contributed by atoms with E-state index in [1.54, 1.807) is 6.92 Å². The molecule has 1 saturated heterocycles. The van der Waals surface area contributed by atoms with Crippen molar-refractivity contribution in [3.63, 3.8) is 0 Å². The van der Waals surface area contributed by atoms with Crippen molar-refractivity contribution in [3.8, 4) is 0 Å². The van der Waals surface area contributed by atoms with Gasteiger partial charge in [0, 0.05) is 24.8 Å². The number of ether oxygens (including phenoxy) is 1. The molecule has 2 rings (SSSR count). The third-order valence-corrected chi connectivity index (χ3v) is 3.70. The smallest absolute Gasteiger partial charge is 0.239 e. The molecule has 2 N–H and O–H groups in total. The van der Waals surface area contributed by atoms with Gasteiger partial charge in [-0.3, -0.25) is 9.48 Å². The van der Waals surface area contributed by atoms with Gasteiger partial charge in [0.25, 0.3) is 0 Å². The SMILES string of the molecule is Cc1nn(C)c(C)c1C1COCCN1C(=O)[C@@H](C)N. The van der Waals surface area contributed by atoms with Crippen LogP contribution < -0.4 is 5.73 Å². The Morgan fingerprint density at radius 1 is 1.53 bits per heavy atom. The van der Waals surface area contributed by atoms with Crippen LogP contribution in [0.2, 0.25) is 0 Å². The quantitative estimate of drug-likeness (QED) is 0.834. The summed E-state index contributed by atoms with van der Waals surface area (Å²) in [7, 11) is 1.91. The summed E-state index contributed by atoms with van der Waals surface area (Å²) >= 11 is 0. The van der Waals surface area contributed by atoms with Gasteiger partial charge in [0.1, 0.15) is 0 Å². The van der Waals surface area contributed by atoms with Gasteiger partial charge >= 0.3 is 0 Å². The molecule has 1 unspecified atom stereocenters. The minimum Gasteiger partial charge on any atom is -0.377 e. The molecule has 0 spiro atoms. The third-order valence-electron chi connectivity index (χ3n) is 3.70. The number of hydrogen-bond donors (Lipinski definition) is 1. The highest BCUT2D eigenvalue weighted by atomic mass is 16.5. The van der Waals surface area contributed by atoms with E-state index in [4.69, 9.17) is 10.5 Å². The Bertz CT molecular complexity index is 481. The highest BCUT2D eigenvalue weighted by molar-refractivity contribution is 5.81. The molecule has 0 radical (unpaired) electrons. The van der Waals surface area contributed by atoms with Crippen molar-refractivity contribution in [1.29, 1.82) is 0 Å². The molecule has 1 aliphatic rings. The average Bonchev–Trinajstić information content (AvgIpc) is 2.62. The summed E-state index contributed by atoms with van der Waals surface area (Å²) in [6, 6.07) is -0.571. The number of aromatic nitrogens is 2. The van der Waals surface area contributed by atoms with Crippen molar-refractivity contribution in [3.05, 3.63) is 17.0 Å². The van der Waals surface area contributed by atoms with E-state index in [2.05, 4.69) is 5.10 Å². The number of morpholine rings is 1. The molecule has 0 aliphatic carbocycles. The van der Waals surface area contributed by atoms with E-state index in [1.807, 2.05) is 30.5 Å². The number of nitrogens with zero attached hydrogens (tertiary/aromatic N) is 3. The van der Waals surface area contributed by atoms with E-state index in [1.165, 1.54) is 0 Å². The van der Waals surface area contributed by atoms with Gasteiger partial charge in [-0.25, -0.2) is 0 Å². The van der Waals surface area contributed by atoms with E-state index in [-0.39, 0.29) is 11.9 Å². The Kier molecular flexibility index (Phi) is 3.91. The van der Waals surface area contributed by atoms with Crippen LogP contribution in [0.1, 0.15) is 29.9 Å². The maximum Gasteiger partial charge on any atom is 0.239 e. The predicted octanol–water partition coefficient (Wildman–Crippen LogP) is 0.284. The zero-order valence-electron chi connectivity index (χ0n) is 12.0. The molecule has 0 saturated carbocycles. The van der Waals surface area contributed by atoms with Gasteiger partial charge in [-0.15, -0.1) is 0 Å². The first-order chi connectivity index (χ1) is 8.93. The number of carbonyl (C=O) groups is 1. The lowest BCUT2D eigenvalue weighted by molar-refractivity contribution is -0.141. The fourth-order valence-electron chi connectivity index (χ4n) is 2.64. The molecule has 0 bridgehead atoms. The second-order valence-electron chi connectivity index (χ2n) is 5.12. The molecular formula is C13H22N4O2. The van der Waals surface area contributed by atoms with E-state index in [9.17, 15) is 4.79 Å². The second-order valence-corrected chi connectivity index (χ2v) is 5.12. The molecule has 0 aromatic carbocycles. The van der Waals surface area contributed by atoms with E-state index >= 15 is 0 Å². The third kappa shape index (κ3) is 2.50. The molecule has 1 aliphatic heterocycles. The topological polar surface area (TPSA) is 73.4 Å². The summed E-state index contributed by atoms with van der Waals surface area (Å²) in [5, 5.41) is 4.42. The number of nitrogens with two attached hydrogens (primary N) is 1. The van der Waals surface area contributed by atoms with Crippen molar-refractivity contribution in [2.45, 2.75) is 32.9 Å². The number of aryl methyl sites for hydroxylation is 2. The summed E-state index contributed by atoms with van der Waals surface area (Å²) in [6.07, 6.45) is 0. The lowest BCUT2D eigenvalue weighted by atomic mass is 10.0. The predicted molar refractivity (Wildman–Crippen MR) is 71.6 cm³/mol. The minimum absolute atomic E-state index is 0.0315. The first kappa shape index (κ1) is 14.0. The molecule has 1 fully saturated rings. The minimum atomic E-state index is -0.488. The number of hydrogen-bond acceptors (Lipinski definition) is 4.